The number of benzene rings is 2. The van der Waals surface area contributed by atoms with Gasteiger partial charge < -0.3 is 29.6 Å². The van der Waals surface area contributed by atoms with Crippen LogP contribution < -0.4 is 20.1 Å². The number of thiocarbonyl (C=S) groups is 1. The zero-order chi connectivity index (χ0) is 22.1. The summed E-state index contributed by atoms with van der Waals surface area (Å²) in [6.07, 6.45) is 0. The molecule has 0 aliphatic rings. The molecule has 2 N–H and O–H groups in total. The topological polar surface area (TPSA) is 95.1 Å². The predicted octanol–water partition coefficient (Wildman–Crippen LogP) is 3.87. The Hall–Kier alpha value is -3.33. The minimum Gasteiger partial charge on any atom is -0.497 e. The van der Waals surface area contributed by atoms with E-state index in [0.29, 0.717) is 22.9 Å². The van der Waals surface area contributed by atoms with Crippen molar-refractivity contribution < 1.29 is 28.5 Å². The summed E-state index contributed by atoms with van der Waals surface area (Å²) in [4.78, 5) is 24.4. The molecule has 0 bridgehead atoms. The number of nitrogens with one attached hydrogen (secondary N) is 2. The SMILES string of the molecule is CCOC(=O)c1cc(NC(=S)Nc2cc(OC)ccc2OC)cc(C(=O)OCC)c1. The molecule has 0 heterocycles. The van der Waals surface area contributed by atoms with Crippen molar-refractivity contribution in [3.63, 3.8) is 0 Å². The molecule has 2 aromatic rings. The van der Waals surface area contributed by atoms with Crippen LogP contribution in [-0.4, -0.2) is 44.5 Å². The Balaban J connectivity index is 2.28. The van der Waals surface area contributed by atoms with E-state index in [1.807, 2.05) is 0 Å². The Bertz CT molecular complexity index is 895. The molecule has 0 saturated carbocycles. The van der Waals surface area contributed by atoms with Gasteiger partial charge in [-0.25, -0.2) is 9.59 Å². The van der Waals surface area contributed by atoms with E-state index >= 15 is 0 Å². The highest BCUT2D eigenvalue weighted by Crippen LogP contribution is 2.29. The quantitative estimate of drug-likeness (QED) is 0.476. The number of rotatable bonds is 8. The summed E-state index contributed by atoms with van der Waals surface area (Å²) < 4.78 is 20.6. The normalized spacial score (nSPS) is 10.0. The summed E-state index contributed by atoms with van der Waals surface area (Å²) in [7, 11) is 3.10. The van der Waals surface area contributed by atoms with Crippen LogP contribution in [0.5, 0.6) is 11.5 Å². The lowest BCUT2D eigenvalue weighted by atomic mass is 10.1. The van der Waals surface area contributed by atoms with Crippen LogP contribution in [0, 0.1) is 0 Å². The van der Waals surface area contributed by atoms with Crippen LogP contribution in [-0.2, 0) is 9.47 Å². The number of carbonyl (C=O) groups is 2. The fourth-order valence-corrected chi connectivity index (χ4v) is 2.79. The summed E-state index contributed by atoms with van der Waals surface area (Å²) in [5, 5.41) is 6.20. The van der Waals surface area contributed by atoms with E-state index in [1.165, 1.54) is 25.3 Å². The second-order valence-electron chi connectivity index (χ2n) is 5.89. The van der Waals surface area contributed by atoms with Gasteiger partial charge in [0.15, 0.2) is 5.11 Å². The molecule has 0 aliphatic carbocycles. The third kappa shape index (κ3) is 6.08. The van der Waals surface area contributed by atoms with Gasteiger partial charge in [0.25, 0.3) is 0 Å². The molecular formula is C21H24N2O6S. The van der Waals surface area contributed by atoms with Gasteiger partial charge in [0.1, 0.15) is 11.5 Å². The van der Waals surface area contributed by atoms with Crippen molar-refractivity contribution in [3.8, 4) is 11.5 Å². The van der Waals surface area contributed by atoms with Crippen LogP contribution in [0.1, 0.15) is 34.6 Å². The minimum atomic E-state index is -0.556. The van der Waals surface area contributed by atoms with Crippen molar-refractivity contribution in [1.82, 2.24) is 0 Å². The molecule has 0 radical (unpaired) electrons. The molecule has 0 unspecified atom stereocenters. The minimum absolute atomic E-state index is 0.201. The summed E-state index contributed by atoms with van der Waals surface area (Å²) in [6, 6.07) is 9.72. The molecule has 0 fully saturated rings. The Morgan fingerprint density at radius 1 is 0.867 bits per heavy atom. The fourth-order valence-electron chi connectivity index (χ4n) is 2.56. The van der Waals surface area contributed by atoms with E-state index in [9.17, 15) is 9.59 Å². The Morgan fingerprint density at radius 2 is 1.47 bits per heavy atom. The molecule has 30 heavy (non-hydrogen) atoms. The van der Waals surface area contributed by atoms with Gasteiger partial charge in [0.05, 0.1) is 44.2 Å². The maximum absolute atomic E-state index is 12.2. The first-order chi connectivity index (χ1) is 14.4. The number of hydrogen-bond acceptors (Lipinski definition) is 7. The highest BCUT2D eigenvalue weighted by molar-refractivity contribution is 7.80. The van der Waals surface area contributed by atoms with Gasteiger partial charge in [0, 0.05) is 11.8 Å². The predicted molar refractivity (Wildman–Crippen MR) is 118 cm³/mol. The van der Waals surface area contributed by atoms with Gasteiger partial charge in [-0.3, -0.25) is 0 Å². The van der Waals surface area contributed by atoms with Crippen LogP contribution in [0.15, 0.2) is 36.4 Å². The molecule has 9 heteroatoms. The number of anilines is 2. The van der Waals surface area contributed by atoms with Gasteiger partial charge in [-0.05, 0) is 56.4 Å². The molecule has 2 aromatic carbocycles. The second-order valence-corrected chi connectivity index (χ2v) is 6.29. The van der Waals surface area contributed by atoms with Gasteiger partial charge >= 0.3 is 11.9 Å². The van der Waals surface area contributed by atoms with Crippen molar-refractivity contribution in [3.05, 3.63) is 47.5 Å². The molecule has 0 spiro atoms. The zero-order valence-electron chi connectivity index (χ0n) is 17.2. The number of hydrogen-bond donors (Lipinski definition) is 2. The zero-order valence-corrected chi connectivity index (χ0v) is 18.1. The Kier molecular flexibility index (Phi) is 8.42. The maximum atomic E-state index is 12.2. The van der Waals surface area contributed by atoms with Crippen LogP contribution in [0.2, 0.25) is 0 Å². The molecule has 0 amide bonds. The summed E-state index contributed by atoms with van der Waals surface area (Å²) in [5.74, 6) is 0.0718. The fraction of sp³-hybridized carbons (Fsp3) is 0.286. The highest BCUT2D eigenvalue weighted by Gasteiger charge is 2.16. The first-order valence-corrected chi connectivity index (χ1v) is 9.62. The third-order valence-corrected chi connectivity index (χ3v) is 4.07. The molecule has 160 valence electrons. The number of carbonyl (C=O) groups excluding carboxylic acids is 2. The van der Waals surface area contributed by atoms with Gasteiger partial charge in [-0.15, -0.1) is 0 Å². The van der Waals surface area contributed by atoms with Crippen LogP contribution in [0.4, 0.5) is 11.4 Å². The van der Waals surface area contributed by atoms with Gasteiger partial charge in [0.2, 0.25) is 0 Å². The van der Waals surface area contributed by atoms with Gasteiger partial charge in [-0.2, -0.15) is 0 Å². The molecule has 0 atom stereocenters. The maximum Gasteiger partial charge on any atom is 0.338 e. The van der Waals surface area contributed by atoms with Crippen LogP contribution >= 0.6 is 12.2 Å². The standard InChI is InChI=1S/C21H24N2O6S/c1-5-28-19(24)13-9-14(20(25)29-6-2)11-15(10-13)22-21(30)23-17-12-16(26-3)7-8-18(17)27-4/h7-12H,5-6H2,1-4H3,(H2,22,23,30). The number of methoxy groups -OCH3 is 2. The second kappa shape index (κ2) is 11.0. The third-order valence-electron chi connectivity index (χ3n) is 3.87. The largest absolute Gasteiger partial charge is 0.497 e. The first-order valence-electron chi connectivity index (χ1n) is 9.21. The van der Waals surface area contributed by atoms with E-state index in [1.54, 1.807) is 39.2 Å². The smallest absolute Gasteiger partial charge is 0.338 e. The van der Waals surface area contributed by atoms with Crippen molar-refractivity contribution >= 4 is 40.6 Å². The van der Waals surface area contributed by atoms with Crippen molar-refractivity contribution in [2.75, 3.05) is 38.1 Å². The average Bonchev–Trinajstić information content (AvgIpc) is 2.73. The number of ether oxygens (including phenoxy) is 4. The summed E-state index contributed by atoms with van der Waals surface area (Å²) >= 11 is 5.37. The highest BCUT2D eigenvalue weighted by atomic mass is 32.1. The van der Waals surface area contributed by atoms with Crippen LogP contribution in [0.25, 0.3) is 0 Å². The molecule has 0 saturated heterocycles. The van der Waals surface area contributed by atoms with E-state index in [-0.39, 0.29) is 29.5 Å². The lowest BCUT2D eigenvalue weighted by Crippen LogP contribution is -2.20. The lowest BCUT2D eigenvalue weighted by Gasteiger charge is -2.15. The summed E-state index contributed by atoms with van der Waals surface area (Å²) in [5.41, 5.74) is 1.41. The van der Waals surface area contributed by atoms with Gasteiger partial charge in [-0.1, -0.05) is 0 Å². The molecule has 0 aromatic heterocycles. The monoisotopic (exact) mass is 432 g/mol. The average molecular weight is 432 g/mol. The van der Waals surface area contributed by atoms with E-state index in [2.05, 4.69) is 10.6 Å². The molecular weight excluding hydrogens is 408 g/mol. The molecule has 2 rings (SSSR count). The van der Waals surface area contributed by atoms with E-state index < -0.39 is 11.9 Å². The molecule has 0 aliphatic heterocycles. The lowest BCUT2D eigenvalue weighted by molar-refractivity contribution is 0.0525. The Labute approximate surface area is 180 Å². The van der Waals surface area contributed by atoms with Crippen molar-refractivity contribution in [1.29, 1.82) is 0 Å². The van der Waals surface area contributed by atoms with Crippen LogP contribution in [0.3, 0.4) is 0 Å². The van der Waals surface area contributed by atoms with E-state index in [0.717, 1.165) is 0 Å². The van der Waals surface area contributed by atoms with E-state index in [4.69, 9.17) is 31.2 Å². The van der Waals surface area contributed by atoms with Crippen molar-refractivity contribution in [2.24, 2.45) is 0 Å². The summed E-state index contributed by atoms with van der Waals surface area (Å²) in [6.45, 7) is 3.82. The van der Waals surface area contributed by atoms with Crippen molar-refractivity contribution in [2.45, 2.75) is 13.8 Å². The Morgan fingerprint density at radius 3 is 1.97 bits per heavy atom. The first kappa shape index (κ1) is 23.0. The number of esters is 2. The molecule has 8 nitrogen and oxygen atoms in total.